The molecule has 0 saturated heterocycles. The van der Waals surface area contributed by atoms with Gasteiger partial charge in [0.1, 0.15) is 11.3 Å². The molecule has 0 fully saturated rings. The van der Waals surface area contributed by atoms with Crippen LogP contribution in [-0.2, 0) is 5.79 Å². The number of aliphatic hydroxyl groups is 1. The number of fused-ring (bicyclic) bond motifs is 1. The first kappa shape index (κ1) is 15.2. The van der Waals surface area contributed by atoms with Gasteiger partial charge in [-0.1, -0.05) is 30.3 Å². The summed E-state index contributed by atoms with van der Waals surface area (Å²) in [6.07, 6.45) is -0.312. The molecule has 1 aliphatic heterocycles. The molecule has 0 spiro atoms. The molecule has 120 valence electrons. The van der Waals surface area contributed by atoms with Crippen LogP contribution in [0.15, 0.2) is 36.4 Å². The average molecular weight is 316 g/mol. The summed E-state index contributed by atoms with van der Waals surface area (Å²) in [5.74, 6) is -2.26. The molecule has 2 aromatic carbocycles. The van der Waals surface area contributed by atoms with Crippen molar-refractivity contribution in [3.05, 3.63) is 47.5 Å². The van der Waals surface area contributed by atoms with Gasteiger partial charge in [-0.15, -0.1) is 0 Å². The summed E-state index contributed by atoms with van der Waals surface area (Å²) in [5.41, 5.74) is 0.409. The van der Waals surface area contributed by atoms with Gasteiger partial charge >= 0.3 is 0 Å². The molecule has 2 N–H and O–H groups in total. The number of ether oxygens (including phenoxy) is 3. The van der Waals surface area contributed by atoms with Gasteiger partial charge < -0.3 is 24.4 Å². The van der Waals surface area contributed by atoms with Gasteiger partial charge in [0.05, 0.1) is 20.6 Å². The van der Waals surface area contributed by atoms with Crippen LogP contribution in [0.4, 0.5) is 0 Å². The lowest BCUT2D eigenvalue weighted by molar-refractivity contribution is -0.148. The first-order valence-corrected chi connectivity index (χ1v) is 6.98. The van der Waals surface area contributed by atoms with Crippen LogP contribution in [-0.4, -0.2) is 30.2 Å². The molecule has 0 aromatic heterocycles. The number of rotatable bonds is 3. The van der Waals surface area contributed by atoms with Crippen LogP contribution in [0, 0.1) is 0 Å². The van der Waals surface area contributed by atoms with E-state index in [1.807, 2.05) is 0 Å². The van der Waals surface area contributed by atoms with E-state index in [1.54, 1.807) is 30.3 Å². The van der Waals surface area contributed by atoms with Gasteiger partial charge in [0, 0.05) is 11.6 Å². The van der Waals surface area contributed by atoms with Crippen LogP contribution in [0.2, 0.25) is 0 Å². The Hall–Kier alpha value is -2.73. The topological polar surface area (TPSA) is 85.2 Å². The second-order valence-electron chi connectivity index (χ2n) is 5.19. The molecular weight excluding hydrogens is 300 g/mol. The number of carbonyl (C=O) groups is 1. The molecule has 23 heavy (non-hydrogen) atoms. The van der Waals surface area contributed by atoms with E-state index in [4.69, 9.17) is 14.2 Å². The summed E-state index contributed by atoms with van der Waals surface area (Å²) in [6, 6.07) is 9.86. The normalized spacial score (nSPS) is 19.7. The summed E-state index contributed by atoms with van der Waals surface area (Å²) in [4.78, 5) is 12.5. The van der Waals surface area contributed by atoms with E-state index >= 15 is 0 Å². The van der Waals surface area contributed by atoms with Crippen molar-refractivity contribution < 1.29 is 29.2 Å². The van der Waals surface area contributed by atoms with Gasteiger partial charge in [-0.05, 0) is 0 Å². The predicted molar refractivity (Wildman–Crippen MR) is 81.1 cm³/mol. The van der Waals surface area contributed by atoms with Crippen LogP contribution in [0.3, 0.4) is 0 Å². The second-order valence-corrected chi connectivity index (χ2v) is 5.19. The zero-order valence-electron chi connectivity index (χ0n) is 12.7. The monoisotopic (exact) mass is 316 g/mol. The number of aromatic hydroxyl groups is 1. The SMILES string of the molecule is COc1cc(O)c2c(c1OC)OC(O)(c1ccccc1)CC2=O. The van der Waals surface area contributed by atoms with Crippen molar-refractivity contribution in [2.75, 3.05) is 14.2 Å². The van der Waals surface area contributed by atoms with E-state index in [9.17, 15) is 15.0 Å². The lowest BCUT2D eigenvalue weighted by atomic mass is 9.92. The van der Waals surface area contributed by atoms with Gasteiger partial charge in [0.25, 0.3) is 0 Å². The van der Waals surface area contributed by atoms with Crippen LogP contribution in [0.25, 0.3) is 0 Å². The Morgan fingerprint density at radius 1 is 1.17 bits per heavy atom. The Balaban J connectivity index is 2.19. The highest BCUT2D eigenvalue weighted by Crippen LogP contribution is 2.50. The Morgan fingerprint density at radius 3 is 2.48 bits per heavy atom. The molecular formula is C17H16O6. The summed E-state index contributed by atoms with van der Waals surface area (Å²) in [6.45, 7) is 0. The number of phenolic OH excluding ortho intramolecular Hbond substituents is 1. The molecule has 1 atom stereocenters. The highest BCUT2D eigenvalue weighted by atomic mass is 16.6. The van der Waals surface area contributed by atoms with Crippen molar-refractivity contribution in [1.82, 2.24) is 0 Å². The van der Waals surface area contributed by atoms with Gasteiger partial charge in [0.2, 0.25) is 11.5 Å². The molecule has 1 unspecified atom stereocenters. The second kappa shape index (κ2) is 5.48. The summed E-state index contributed by atoms with van der Waals surface area (Å²) < 4.78 is 16.1. The number of ketones is 1. The fourth-order valence-corrected chi connectivity index (χ4v) is 2.69. The van der Waals surface area contributed by atoms with E-state index in [2.05, 4.69) is 0 Å². The van der Waals surface area contributed by atoms with Crippen molar-refractivity contribution in [3.63, 3.8) is 0 Å². The van der Waals surface area contributed by atoms with Crippen LogP contribution < -0.4 is 14.2 Å². The fourth-order valence-electron chi connectivity index (χ4n) is 2.69. The molecule has 1 aliphatic rings. The van der Waals surface area contributed by atoms with Crippen molar-refractivity contribution >= 4 is 5.78 Å². The highest BCUT2D eigenvalue weighted by Gasteiger charge is 2.44. The lowest BCUT2D eigenvalue weighted by Gasteiger charge is -2.34. The molecule has 0 aliphatic carbocycles. The molecule has 2 aromatic rings. The van der Waals surface area contributed by atoms with E-state index < -0.39 is 11.6 Å². The lowest BCUT2D eigenvalue weighted by Crippen LogP contribution is -2.39. The zero-order valence-corrected chi connectivity index (χ0v) is 12.7. The highest BCUT2D eigenvalue weighted by molar-refractivity contribution is 6.04. The Morgan fingerprint density at radius 2 is 1.87 bits per heavy atom. The molecule has 1 heterocycles. The average Bonchev–Trinajstić information content (AvgIpc) is 2.54. The predicted octanol–water partition coefficient (Wildman–Crippen LogP) is 2.22. The Kier molecular flexibility index (Phi) is 3.61. The number of benzene rings is 2. The number of hydrogen-bond donors (Lipinski definition) is 2. The van der Waals surface area contributed by atoms with Crippen molar-refractivity contribution in [1.29, 1.82) is 0 Å². The first-order chi connectivity index (χ1) is 11.0. The number of hydrogen-bond acceptors (Lipinski definition) is 6. The number of phenols is 1. The van der Waals surface area contributed by atoms with Crippen molar-refractivity contribution in [2.24, 2.45) is 0 Å². The van der Waals surface area contributed by atoms with Crippen LogP contribution in [0.5, 0.6) is 23.0 Å². The third-order valence-corrected chi connectivity index (χ3v) is 3.78. The molecule has 3 rings (SSSR count). The molecule has 0 bridgehead atoms. The van der Waals surface area contributed by atoms with E-state index in [0.29, 0.717) is 5.56 Å². The maximum Gasteiger partial charge on any atom is 0.242 e. The Bertz CT molecular complexity index is 755. The van der Waals surface area contributed by atoms with Crippen LogP contribution in [0.1, 0.15) is 22.3 Å². The number of methoxy groups -OCH3 is 2. The standard InChI is InChI=1S/C17H16O6/c1-21-13-8-11(18)14-12(19)9-17(20,10-6-4-3-5-7-10)23-16(14)15(13)22-2/h3-8,18,20H,9H2,1-2H3. The van der Waals surface area contributed by atoms with Gasteiger partial charge in [0.15, 0.2) is 17.3 Å². The van der Waals surface area contributed by atoms with E-state index in [0.717, 1.165) is 0 Å². The van der Waals surface area contributed by atoms with Gasteiger partial charge in [-0.25, -0.2) is 0 Å². The molecule has 6 nitrogen and oxygen atoms in total. The van der Waals surface area contributed by atoms with Gasteiger partial charge in [-0.2, -0.15) is 0 Å². The minimum Gasteiger partial charge on any atom is -0.507 e. The van der Waals surface area contributed by atoms with E-state index in [1.165, 1.54) is 20.3 Å². The maximum atomic E-state index is 12.5. The number of carbonyl (C=O) groups excluding carboxylic acids is 1. The third-order valence-electron chi connectivity index (χ3n) is 3.78. The molecule has 0 radical (unpaired) electrons. The molecule has 6 heteroatoms. The van der Waals surface area contributed by atoms with Gasteiger partial charge in [-0.3, -0.25) is 4.79 Å². The third kappa shape index (κ3) is 2.37. The largest absolute Gasteiger partial charge is 0.507 e. The van der Waals surface area contributed by atoms with Crippen LogP contribution >= 0.6 is 0 Å². The summed E-state index contributed by atoms with van der Waals surface area (Å²) >= 11 is 0. The first-order valence-electron chi connectivity index (χ1n) is 6.98. The zero-order chi connectivity index (χ0) is 16.6. The Labute approximate surface area is 132 Å². The summed E-state index contributed by atoms with van der Waals surface area (Å²) in [5, 5.41) is 20.9. The molecule has 0 saturated carbocycles. The summed E-state index contributed by atoms with van der Waals surface area (Å²) in [7, 11) is 2.79. The fraction of sp³-hybridized carbons (Fsp3) is 0.235. The van der Waals surface area contributed by atoms with Crippen molar-refractivity contribution in [3.8, 4) is 23.0 Å². The minimum atomic E-state index is -1.84. The molecule has 0 amide bonds. The van der Waals surface area contributed by atoms with E-state index in [-0.39, 0.29) is 35.0 Å². The number of Topliss-reactive ketones (excluding diaryl/α,β-unsaturated/α-hetero) is 1. The maximum absolute atomic E-state index is 12.5. The minimum absolute atomic E-state index is 0.0248. The quantitative estimate of drug-likeness (QED) is 0.903. The smallest absolute Gasteiger partial charge is 0.242 e. The van der Waals surface area contributed by atoms with Crippen molar-refractivity contribution in [2.45, 2.75) is 12.2 Å².